The van der Waals surface area contributed by atoms with Crippen LogP contribution in [0.1, 0.15) is 36.3 Å². The van der Waals surface area contributed by atoms with Crippen LogP contribution >= 0.6 is 0 Å². The lowest BCUT2D eigenvalue weighted by atomic mass is 9.98. The number of ether oxygens (including phenoxy) is 2. The van der Waals surface area contributed by atoms with Crippen LogP contribution in [0, 0.1) is 0 Å². The molecule has 0 spiro atoms. The normalized spacial score (nSPS) is 12.5. The van der Waals surface area contributed by atoms with Crippen molar-refractivity contribution in [3.8, 4) is 11.1 Å². The number of amides is 2. The molecule has 0 heterocycles. The molecule has 178 valence electrons. The van der Waals surface area contributed by atoms with E-state index >= 15 is 0 Å². The number of alkyl carbamates (subject to hydrolysis) is 1. The number of hydrogen-bond donors (Lipinski definition) is 2. The molecule has 10 heteroatoms. The zero-order valence-electron chi connectivity index (χ0n) is 18.9. The van der Waals surface area contributed by atoms with Crippen LogP contribution in [0.4, 0.5) is 4.79 Å². The third kappa shape index (κ3) is 6.26. The smallest absolute Gasteiger partial charge is 0.407 e. The molecule has 0 aliphatic heterocycles. The van der Waals surface area contributed by atoms with Crippen molar-refractivity contribution >= 4 is 18.0 Å². The first-order valence-corrected chi connectivity index (χ1v) is 11.0. The Hall–Kier alpha value is -4.04. The van der Waals surface area contributed by atoms with Gasteiger partial charge < -0.3 is 20.1 Å². The zero-order chi connectivity index (χ0) is 24.3. The summed E-state index contributed by atoms with van der Waals surface area (Å²) in [5, 5.41) is 8.38. The molecule has 1 aliphatic carbocycles. The molecule has 3 rings (SSSR count). The van der Waals surface area contributed by atoms with Crippen LogP contribution in [-0.2, 0) is 19.1 Å². The lowest BCUT2D eigenvalue weighted by molar-refractivity contribution is -0.143. The van der Waals surface area contributed by atoms with E-state index in [1.807, 2.05) is 36.4 Å². The van der Waals surface area contributed by atoms with Gasteiger partial charge in [-0.25, -0.2) is 9.59 Å². The van der Waals surface area contributed by atoms with Gasteiger partial charge in [0.25, 0.3) is 0 Å². The molecule has 1 aliphatic rings. The number of methoxy groups -OCH3 is 1. The summed E-state index contributed by atoms with van der Waals surface area (Å²) in [7, 11) is 1.25. The number of hydrogen-bond acceptors (Lipinski definition) is 6. The van der Waals surface area contributed by atoms with Crippen LogP contribution in [0.3, 0.4) is 0 Å². The molecular formula is C24H27N5O5. The predicted molar refractivity (Wildman–Crippen MR) is 125 cm³/mol. The number of nitrogens with one attached hydrogen (secondary N) is 2. The summed E-state index contributed by atoms with van der Waals surface area (Å²) in [5.41, 5.74) is 12.7. The summed E-state index contributed by atoms with van der Waals surface area (Å²) < 4.78 is 10.3. The Kier molecular flexibility index (Phi) is 8.88. The maximum absolute atomic E-state index is 12.5. The van der Waals surface area contributed by atoms with Crippen LogP contribution in [0.15, 0.2) is 53.6 Å². The Balaban J connectivity index is 1.50. The van der Waals surface area contributed by atoms with Crippen LogP contribution in [0.5, 0.6) is 0 Å². The first kappa shape index (κ1) is 24.6. The van der Waals surface area contributed by atoms with E-state index in [9.17, 15) is 14.4 Å². The number of azide groups is 1. The number of carbonyl (C=O) groups excluding carboxylic acids is 3. The Morgan fingerprint density at radius 1 is 1.06 bits per heavy atom. The zero-order valence-corrected chi connectivity index (χ0v) is 18.9. The quantitative estimate of drug-likeness (QED) is 0.171. The maximum atomic E-state index is 12.5. The van der Waals surface area contributed by atoms with Gasteiger partial charge in [0.15, 0.2) is 0 Å². The fourth-order valence-electron chi connectivity index (χ4n) is 4.03. The lowest BCUT2D eigenvalue weighted by Gasteiger charge is -2.18. The van der Waals surface area contributed by atoms with E-state index in [0.29, 0.717) is 25.8 Å². The van der Waals surface area contributed by atoms with Crippen molar-refractivity contribution in [2.75, 3.05) is 26.8 Å². The second-order valence-corrected chi connectivity index (χ2v) is 7.78. The van der Waals surface area contributed by atoms with E-state index < -0.39 is 18.1 Å². The van der Waals surface area contributed by atoms with Gasteiger partial charge in [0, 0.05) is 17.4 Å². The Morgan fingerprint density at radius 2 is 1.71 bits per heavy atom. The molecule has 10 nitrogen and oxygen atoms in total. The van der Waals surface area contributed by atoms with Crippen molar-refractivity contribution < 1.29 is 23.9 Å². The fourth-order valence-corrected chi connectivity index (χ4v) is 4.03. The minimum atomic E-state index is -0.862. The predicted octanol–water partition coefficient (Wildman–Crippen LogP) is 3.66. The Labute approximate surface area is 197 Å². The number of rotatable bonds is 11. The molecule has 2 amide bonds. The minimum Gasteiger partial charge on any atom is -0.467 e. The topological polar surface area (TPSA) is 142 Å². The summed E-state index contributed by atoms with van der Waals surface area (Å²) in [6.45, 7) is 0.244. The highest BCUT2D eigenvalue weighted by molar-refractivity contribution is 5.82. The standard InChI is InChI=1S/C24H27N5O5/c1-33-23(31)21(12-6-7-13-26-22(30)14-27-29-25)28-24(32)34-15-20-18-10-4-2-8-16(18)17-9-3-5-11-19(17)20/h2-5,8-11,20-21H,6-7,12-15H2,1H3,(H,26,30)(H,28,32)/t21-/m0/s1. The van der Waals surface area contributed by atoms with Crippen molar-refractivity contribution in [1.29, 1.82) is 0 Å². The molecule has 0 fully saturated rings. The fraction of sp³-hybridized carbons (Fsp3) is 0.375. The highest BCUT2D eigenvalue weighted by Gasteiger charge is 2.29. The Morgan fingerprint density at radius 3 is 2.32 bits per heavy atom. The number of benzene rings is 2. The summed E-state index contributed by atoms with van der Waals surface area (Å²) in [6, 6.07) is 15.2. The van der Waals surface area contributed by atoms with E-state index in [2.05, 4.69) is 32.8 Å². The highest BCUT2D eigenvalue weighted by Crippen LogP contribution is 2.44. The number of fused-ring (bicyclic) bond motifs is 3. The molecule has 0 saturated heterocycles. The molecule has 0 unspecified atom stereocenters. The van der Waals surface area contributed by atoms with Crippen molar-refractivity contribution in [2.24, 2.45) is 5.11 Å². The van der Waals surface area contributed by atoms with Gasteiger partial charge in [-0.1, -0.05) is 53.6 Å². The van der Waals surface area contributed by atoms with Gasteiger partial charge >= 0.3 is 12.1 Å². The molecular weight excluding hydrogens is 438 g/mol. The molecule has 0 saturated carbocycles. The number of esters is 1. The molecule has 2 aromatic carbocycles. The molecule has 2 aromatic rings. The van der Waals surface area contributed by atoms with Gasteiger partial charge in [0.1, 0.15) is 19.2 Å². The summed E-state index contributed by atoms with van der Waals surface area (Å²) in [4.78, 5) is 38.5. The van der Waals surface area contributed by atoms with Crippen LogP contribution in [0.2, 0.25) is 0 Å². The second-order valence-electron chi connectivity index (χ2n) is 7.78. The van der Waals surface area contributed by atoms with E-state index in [1.165, 1.54) is 7.11 Å². The summed E-state index contributed by atoms with van der Waals surface area (Å²) in [6.07, 6.45) is 0.746. The SMILES string of the molecule is COC(=O)[C@H](CCCCNC(=O)CN=[N+]=[N-])NC(=O)OCC1c2ccccc2-c2ccccc21. The highest BCUT2D eigenvalue weighted by atomic mass is 16.6. The van der Waals surface area contributed by atoms with Gasteiger partial charge in [-0.15, -0.1) is 0 Å². The molecule has 0 bridgehead atoms. The number of carbonyl (C=O) groups is 3. The number of nitrogens with zero attached hydrogens (tertiary/aromatic N) is 3. The van der Waals surface area contributed by atoms with Crippen LogP contribution < -0.4 is 10.6 Å². The third-order valence-corrected chi connectivity index (χ3v) is 5.64. The maximum Gasteiger partial charge on any atom is 0.407 e. The first-order valence-electron chi connectivity index (χ1n) is 11.0. The van der Waals surface area contributed by atoms with E-state index in [4.69, 9.17) is 15.0 Å². The second kappa shape index (κ2) is 12.3. The van der Waals surface area contributed by atoms with Gasteiger partial charge in [-0.2, -0.15) is 0 Å². The van der Waals surface area contributed by atoms with E-state index in [-0.39, 0.29) is 25.0 Å². The molecule has 0 radical (unpaired) electrons. The average Bonchev–Trinajstić information content (AvgIpc) is 3.18. The first-order chi connectivity index (χ1) is 16.5. The van der Waals surface area contributed by atoms with Crippen LogP contribution in [-0.4, -0.2) is 50.8 Å². The summed E-state index contributed by atoms with van der Waals surface area (Å²) >= 11 is 0. The molecule has 34 heavy (non-hydrogen) atoms. The van der Waals surface area contributed by atoms with Gasteiger partial charge in [-0.3, -0.25) is 4.79 Å². The summed E-state index contributed by atoms with van der Waals surface area (Å²) in [5.74, 6) is -1.02. The van der Waals surface area contributed by atoms with Crippen LogP contribution in [0.25, 0.3) is 21.6 Å². The monoisotopic (exact) mass is 465 g/mol. The van der Waals surface area contributed by atoms with Gasteiger partial charge in [0.05, 0.1) is 7.11 Å². The average molecular weight is 466 g/mol. The van der Waals surface area contributed by atoms with Crippen molar-refractivity contribution in [2.45, 2.75) is 31.2 Å². The molecule has 1 atom stereocenters. The number of unbranched alkanes of at least 4 members (excludes halogenated alkanes) is 1. The van der Waals surface area contributed by atoms with Crippen molar-refractivity contribution in [3.05, 3.63) is 70.1 Å². The minimum absolute atomic E-state index is 0.0799. The lowest BCUT2D eigenvalue weighted by Crippen LogP contribution is -2.42. The Bertz CT molecular complexity index is 1040. The van der Waals surface area contributed by atoms with Crippen molar-refractivity contribution in [1.82, 2.24) is 10.6 Å². The molecule has 0 aromatic heterocycles. The van der Waals surface area contributed by atoms with Gasteiger partial charge in [0.2, 0.25) is 5.91 Å². The van der Waals surface area contributed by atoms with Crippen molar-refractivity contribution in [3.63, 3.8) is 0 Å². The molecule has 2 N–H and O–H groups in total. The van der Waals surface area contributed by atoms with E-state index in [0.717, 1.165) is 22.3 Å². The third-order valence-electron chi connectivity index (χ3n) is 5.64. The van der Waals surface area contributed by atoms with E-state index in [1.54, 1.807) is 0 Å². The largest absolute Gasteiger partial charge is 0.467 e. The van der Waals surface area contributed by atoms with Gasteiger partial charge in [-0.05, 0) is 47.0 Å².